The van der Waals surface area contributed by atoms with Crippen molar-refractivity contribution in [2.45, 2.75) is 19.3 Å². The molecule has 0 fully saturated rings. The predicted octanol–water partition coefficient (Wildman–Crippen LogP) is 5.30. The van der Waals surface area contributed by atoms with E-state index in [2.05, 4.69) is 28.8 Å². The van der Waals surface area contributed by atoms with Crippen LogP contribution in [-0.2, 0) is 4.79 Å². The molecule has 0 aliphatic carbocycles. The van der Waals surface area contributed by atoms with Gasteiger partial charge < -0.3 is 14.8 Å². The third-order valence-electron chi connectivity index (χ3n) is 4.86. The zero-order valence-electron chi connectivity index (χ0n) is 16.1. The fourth-order valence-electron chi connectivity index (χ4n) is 3.57. The molecule has 29 heavy (non-hydrogen) atoms. The Morgan fingerprint density at radius 2 is 2.00 bits per heavy atom. The van der Waals surface area contributed by atoms with Gasteiger partial charge >= 0.3 is 0 Å². The van der Waals surface area contributed by atoms with Crippen LogP contribution in [0, 0.1) is 12.3 Å². The first-order valence-electron chi connectivity index (χ1n) is 9.51. The van der Waals surface area contributed by atoms with Crippen LogP contribution in [0.5, 0.6) is 11.5 Å². The van der Waals surface area contributed by atoms with Crippen molar-refractivity contribution in [3.8, 4) is 35.0 Å². The van der Waals surface area contributed by atoms with Gasteiger partial charge in [0.05, 0.1) is 12.3 Å². The third-order valence-corrected chi connectivity index (χ3v) is 5.95. The number of benzene rings is 2. The fourth-order valence-corrected chi connectivity index (χ4v) is 4.74. The first-order chi connectivity index (χ1) is 14.2. The Bertz CT molecular complexity index is 1070. The number of rotatable bonds is 6. The molecule has 1 atom stereocenters. The van der Waals surface area contributed by atoms with E-state index in [9.17, 15) is 4.79 Å². The van der Waals surface area contributed by atoms with Crippen LogP contribution in [0.2, 0.25) is 0 Å². The molecular weight excluding hydrogens is 382 g/mol. The van der Waals surface area contributed by atoms with Crippen LogP contribution in [0.25, 0.3) is 11.1 Å². The van der Waals surface area contributed by atoms with Crippen molar-refractivity contribution in [3.05, 3.63) is 64.4 Å². The highest BCUT2D eigenvalue weighted by atomic mass is 32.1. The Balaban J connectivity index is 1.74. The highest BCUT2D eigenvalue weighted by molar-refractivity contribution is 7.11. The summed E-state index contributed by atoms with van der Waals surface area (Å²) in [5.41, 5.74) is 4.09. The average Bonchev–Trinajstić information content (AvgIpc) is 3.17. The van der Waals surface area contributed by atoms with Gasteiger partial charge in [-0.05, 0) is 30.2 Å². The molecule has 146 valence electrons. The van der Waals surface area contributed by atoms with Crippen molar-refractivity contribution in [1.29, 1.82) is 0 Å². The molecule has 1 aliphatic rings. The molecule has 4 nitrogen and oxygen atoms in total. The Labute approximate surface area is 174 Å². The van der Waals surface area contributed by atoms with Gasteiger partial charge in [-0.2, -0.15) is 0 Å². The normalized spacial score (nSPS) is 15.2. The lowest BCUT2D eigenvalue weighted by Gasteiger charge is -2.24. The predicted molar refractivity (Wildman–Crippen MR) is 117 cm³/mol. The van der Waals surface area contributed by atoms with E-state index in [4.69, 9.17) is 15.9 Å². The number of amides is 1. The van der Waals surface area contributed by atoms with Gasteiger partial charge in [0.2, 0.25) is 5.91 Å². The van der Waals surface area contributed by atoms with Gasteiger partial charge in [0, 0.05) is 28.2 Å². The number of anilines is 1. The first-order valence-corrected chi connectivity index (χ1v) is 10.4. The number of fused-ring (bicyclic) bond motifs is 1. The molecule has 0 radical (unpaired) electrons. The van der Waals surface area contributed by atoms with E-state index < -0.39 is 0 Å². The zero-order valence-corrected chi connectivity index (χ0v) is 16.9. The van der Waals surface area contributed by atoms with Crippen molar-refractivity contribution in [2.75, 3.05) is 18.5 Å². The van der Waals surface area contributed by atoms with E-state index in [-0.39, 0.29) is 18.4 Å². The van der Waals surface area contributed by atoms with Crippen LogP contribution in [0.15, 0.2) is 53.9 Å². The number of thiophene rings is 1. The standard InChI is InChI=1S/C24H21NO3S/c1-3-12-28-20-11-10-17(13-21(20)27-4-2)18-14-22(26)25-23-19(15-29-24(18)23)16-8-6-5-7-9-16/h1,5-11,13,15,18H,4,12,14H2,2H3,(H,25,26)/t18-/m0/s1. The number of carbonyl (C=O) groups is 1. The van der Waals surface area contributed by atoms with Crippen LogP contribution in [0.3, 0.4) is 0 Å². The van der Waals surface area contributed by atoms with Crippen LogP contribution >= 0.6 is 11.3 Å². The number of hydrogen-bond acceptors (Lipinski definition) is 4. The largest absolute Gasteiger partial charge is 0.490 e. The molecule has 1 amide bonds. The maximum absolute atomic E-state index is 12.5. The molecular formula is C24H21NO3S. The monoisotopic (exact) mass is 403 g/mol. The van der Waals surface area contributed by atoms with E-state index in [1.165, 1.54) is 0 Å². The molecule has 0 saturated heterocycles. The van der Waals surface area contributed by atoms with Gasteiger partial charge in [-0.1, -0.05) is 42.3 Å². The number of carbonyl (C=O) groups excluding carboxylic acids is 1. The second kappa shape index (κ2) is 8.42. The first kappa shape index (κ1) is 19.1. The maximum atomic E-state index is 12.5. The van der Waals surface area contributed by atoms with Crippen molar-refractivity contribution in [1.82, 2.24) is 0 Å². The minimum Gasteiger partial charge on any atom is -0.490 e. The average molecular weight is 404 g/mol. The lowest BCUT2D eigenvalue weighted by atomic mass is 9.89. The van der Waals surface area contributed by atoms with Crippen LogP contribution in [-0.4, -0.2) is 19.1 Å². The molecule has 1 aromatic heterocycles. The summed E-state index contributed by atoms with van der Waals surface area (Å²) in [5.74, 6) is 3.72. The SMILES string of the molecule is C#CCOc1ccc([C@@H]2CC(=O)Nc3c(-c4ccccc4)csc32)cc1OCC. The molecule has 4 rings (SSSR count). The lowest BCUT2D eigenvalue weighted by Crippen LogP contribution is -2.22. The van der Waals surface area contributed by atoms with E-state index in [0.717, 1.165) is 27.3 Å². The van der Waals surface area contributed by atoms with Gasteiger partial charge in [-0.25, -0.2) is 0 Å². The molecule has 3 aromatic rings. The summed E-state index contributed by atoms with van der Waals surface area (Å²) in [6, 6.07) is 15.9. The van der Waals surface area contributed by atoms with Crippen molar-refractivity contribution in [3.63, 3.8) is 0 Å². The summed E-state index contributed by atoms with van der Waals surface area (Å²) in [7, 11) is 0. The van der Waals surface area contributed by atoms with E-state index in [1.807, 2.05) is 43.3 Å². The van der Waals surface area contributed by atoms with Crippen LogP contribution in [0.4, 0.5) is 5.69 Å². The number of nitrogens with one attached hydrogen (secondary N) is 1. The smallest absolute Gasteiger partial charge is 0.225 e. The van der Waals surface area contributed by atoms with Gasteiger partial charge in [-0.3, -0.25) is 4.79 Å². The van der Waals surface area contributed by atoms with Gasteiger partial charge in [0.25, 0.3) is 0 Å². The van der Waals surface area contributed by atoms with Gasteiger partial charge in [0.1, 0.15) is 6.61 Å². The van der Waals surface area contributed by atoms with E-state index in [0.29, 0.717) is 24.5 Å². The highest BCUT2D eigenvalue weighted by Crippen LogP contribution is 2.47. The zero-order chi connectivity index (χ0) is 20.2. The molecule has 0 spiro atoms. The molecule has 0 unspecified atom stereocenters. The van der Waals surface area contributed by atoms with Crippen LogP contribution in [0.1, 0.15) is 29.7 Å². The molecule has 1 N–H and O–H groups in total. The van der Waals surface area contributed by atoms with Crippen molar-refractivity contribution >= 4 is 22.9 Å². The summed E-state index contributed by atoms with van der Waals surface area (Å²) in [6.45, 7) is 2.62. The summed E-state index contributed by atoms with van der Waals surface area (Å²) >= 11 is 1.68. The minimum absolute atomic E-state index is 0.0173. The second-order valence-corrected chi connectivity index (χ2v) is 7.60. The topological polar surface area (TPSA) is 47.6 Å². The molecule has 2 aromatic carbocycles. The minimum atomic E-state index is -0.0258. The Morgan fingerprint density at radius 1 is 1.17 bits per heavy atom. The molecule has 1 aliphatic heterocycles. The summed E-state index contributed by atoms with van der Waals surface area (Å²) in [4.78, 5) is 13.7. The molecule has 0 bridgehead atoms. The lowest BCUT2D eigenvalue weighted by molar-refractivity contribution is -0.116. The van der Waals surface area contributed by atoms with Crippen LogP contribution < -0.4 is 14.8 Å². The highest BCUT2D eigenvalue weighted by Gasteiger charge is 2.31. The van der Waals surface area contributed by atoms with Gasteiger partial charge in [0.15, 0.2) is 11.5 Å². The third kappa shape index (κ3) is 3.85. The summed E-state index contributed by atoms with van der Waals surface area (Å²) in [5, 5.41) is 5.20. The number of ether oxygens (including phenoxy) is 2. The Morgan fingerprint density at radius 3 is 2.76 bits per heavy atom. The van der Waals surface area contributed by atoms with Crippen molar-refractivity contribution in [2.24, 2.45) is 0 Å². The maximum Gasteiger partial charge on any atom is 0.225 e. The molecule has 2 heterocycles. The fraction of sp³-hybridized carbons (Fsp3) is 0.208. The number of terminal acetylenes is 1. The second-order valence-electron chi connectivity index (χ2n) is 6.69. The van der Waals surface area contributed by atoms with E-state index in [1.54, 1.807) is 11.3 Å². The Hall–Kier alpha value is -3.23. The molecule has 0 saturated carbocycles. The summed E-state index contributed by atoms with van der Waals surface area (Å²) < 4.78 is 11.4. The molecule has 5 heteroatoms. The van der Waals surface area contributed by atoms with Crippen molar-refractivity contribution < 1.29 is 14.3 Å². The van der Waals surface area contributed by atoms with Gasteiger partial charge in [-0.15, -0.1) is 17.8 Å². The quantitative estimate of drug-likeness (QED) is 0.568. The Kier molecular flexibility index (Phi) is 5.55. The number of hydrogen-bond donors (Lipinski definition) is 1. The van der Waals surface area contributed by atoms with E-state index >= 15 is 0 Å². The summed E-state index contributed by atoms with van der Waals surface area (Å²) in [6.07, 6.45) is 5.71.